The zero-order chi connectivity index (χ0) is 14.2. The molecule has 0 spiro atoms. The van der Waals surface area contributed by atoms with Gasteiger partial charge in [-0.25, -0.2) is 4.98 Å². The van der Waals surface area contributed by atoms with Crippen LogP contribution in [-0.4, -0.2) is 28.3 Å². The molecule has 2 aromatic heterocycles. The number of carbonyl (C=O) groups excluding carboxylic acids is 2. The highest BCUT2D eigenvalue weighted by molar-refractivity contribution is 7.12. The number of rotatable bonds is 7. The standard InChI is InChI=1S/C13H16N4O2S/c18-12(17-9-11-14-6-7-15-11)4-1-5-16-13(19)10-3-2-8-20-10/h2-3,6-8H,1,4-5,9H2,(H,14,15)(H,16,19)(H,17,18). The van der Waals surface area contributed by atoms with Crippen molar-refractivity contribution in [3.63, 3.8) is 0 Å². The van der Waals surface area contributed by atoms with Crippen molar-refractivity contribution in [1.29, 1.82) is 0 Å². The molecule has 0 saturated heterocycles. The van der Waals surface area contributed by atoms with Gasteiger partial charge in [0.1, 0.15) is 5.82 Å². The molecule has 0 aliphatic heterocycles. The van der Waals surface area contributed by atoms with Gasteiger partial charge in [0.2, 0.25) is 5.91 Å². The molecule has 0 saturated carbocycles. The summed E-state index contributed by atoms with van der Waals surface area (Å²) >= 11 is 1.40. The Bertz CT molecular complexity index is 537. The largest absolute Gasteiger partial charge is 0.351 e. The second kappa shape index (κ2) is 7.44. The number of nitrogens with one attached hydrogen (secondary N) is 3. The number of carbonyl (C=O) groups is 2. The zero-order valence-electron chi connectivity index (χ0n) is 10.9. The lowest BCUT2D eigenvalue weighted by Gasteiger charge is -2.04. The Kier molecular flexibility index (Phi) is 5.31. The van der Waals surface area contributed by atoms with Crippen molar-refractivity contribution in [2.75, 3.05) is 6.54 Å². The third-order valence-corrected chi connectivity index (χ3v) is 3.49. The van der Waals surface area contributed by atoms with Gasteiger partial charge in [0.05, 0.1) is 11.4 Å². The molecule has 2 heterocycles. The molecule has 3 N–H and O–H groups in total. The fourth-order valence-electron chi connectivity index (χ4n) is 1.61. The van der Waals surface area contributed by atoms with Crippen LogP contribution in [0.25, 0.3) is 0 Å². The molecule has 20 heavy (non-hydrogen) atoms. The monoisotopic (exact) mass is 292 g/mol. The maximum atomic E-state index is 11.6. The average molecular weight is 292 g/mol. The average Bonchev–Trinajstić information content (AvgIpc) is 3.13. The Labute approximate surface area is 120 Å². The molecule has 2 amide bonds. The lowest BCUT2D eigenvalue weighted by molar-refractivity contribution is -0.121. The summed E-state index contributed by atoms with van der Waals surface area (Å²) in [6.07, 6.45) is 4.34. The molecule has 106 valence electrons. The molecule has 2 aromatic rings. The van der Waals surface area contributed by atoms with Crippen LogP contribution in [0.15, 0.2) is 29.9 Å². The van der Waals surface area contributed by atoms with Gasteiger partial charge in [-0.1, -0.05) is 6.07 Å². The summed E-state index contributed by atoms with van der Waals surface area (Å²) in [5.74, 6) is 0.590. The van der Waals surface area contributed by atoms with E-state index in [-0.39, 0.29) is 11.8 Å². The van der Waals surface area contributed by atoms with E-state index >= 15 is 0 Å². The highest BCUT2D eigenvalue weighted by Gasteiger charge is 2.06. The lowest BCUT2D eigenvalue weighted by Crippen LogP contribution is -2.27. The Morgan fingerprint density at radius 1 is 1.35 bits per heavy atom. The first kappa shape index (κ1) is 14.3. The van der Waals surface area contributed by atoms with Gasteiger partial charge >= 0.3 is 0 Å². The zero-order valence-corrected chi connectivity index (χ0v) is 11.7. The predicted octanol–water partition coefficient (Wildman–Crippen LogP) is 1.30. The van der Waals surface area contributed by atoms with Gasteiger partial charge in [-0.05, 0) is 17.9 Å². The molecule has 7 heteroatoms. The number of hydrogen-bond acceptors (Lipinski definition) is 4. The fourth-order valence-corrected chi connectivity index (χ4v) is 2.25. The fraction of sp³-hybridized carbons (Fsp3) is 0.308. The number of nitrogens with zero attached hydrogens (tertiary/aromatic N) is 1. The first-order chi connectivity index (χ1) is 9.75. The molecule has 0 fully saturated rings. The minimum Gasteiger partial charge on any atom is -0.351 e. The molecule has 0 aromatic carbocycles. The van der Waals surface area contributed by atoms with E-state index in [9.17, 15) is 9.59 Å². The maximum absolute atomic E-state index is 11.6. The summed E-state index contributed by atoms with van der Waals surface area (Å²) in [5, 5.41) is 7.40. The summed E-state index contributed by atoms with van der Waals surface area (Å²) in [4.78, 5) is 30.8. The van der Waals surface area contributed by atoms with Crippen molar-refractivity contribution >= 4 is 23.2 Å². The summed E-state index contributed by atoms with van der Waals surface area (Å²) in [7, 11) is 0. The molecular weight excluding hydrogens is 276 g/mol. The van der Waals surface area contributed by atoms with Crippen molar-refractivity contribution in [1.82, 2.24) is 20.6 Å². The van der Waals surface area contributed by atoms with Gasteiger partial charge in [-0.3, -0.25) is 9.59 Å². The van der Waals surface area contributed by atoms with Crippen molar-refractivity contribution in [3.8, 4) is 0 Å². The van der Waals surface area contributed by atoms with Crippen LogP contribution >= 0.6 is 11.3 Å². The summed E-state index contributed by atoms with van der Waals surface area (Å²) < 4.78 is 0. The summed E-state index contributed by atoms with van der Waals surface area (Å²) in [6, 6.07) is 3.61. The van der Waals surface area contributed by atoms with Crippen molar-refractivity contribution in [2.45, 2.75) is 19.4 Å². The van der Waals surface area contributed by atoms with E-state index in [0.717, 1.165) is 5.82 Å². The number of hydrogen-bond donors (Lipinski definition) is 3. The Hall–Kier alpha value is -2.15. The third-order valence-electron chi connectivity index (χ3n) is 2.62. The number of thiophene rings is 1. The van der Waals surface area contributed by atoms with Crippen LogP contribution in [0.2, 0.25) is 0 Å². The van der Waals surface area contributed by atoms with E-state index in [4.69, 9.17) is 0 Å². The SMILES string of the molecule is O=C(CCCNC(=O)c1cccs1)NCc1ncc[nH]1. The molecule has 2 rings (SSSR count). The first-order valence-electron chi connectivity index (χ1n) is 6.32. The molecule has 0 aliphatic rings. The van der Waals surface area contributed by atoms with E-state index < -0.39 is 0 Å². The van der Waals surface area contributed by atoms with E-state index in [1.807, 2.05) is 11.4 Å². The lowest BCUT2D eigenvalue weighted by atomic mass is 10.3. The molecular formula is C13H16N4O2S. The number of imidazole rings is 1. The van der Waals surface area contributed by atoms with E-state index in [2.05, 4.69) is 20.6 Å². The summed E-state index contributed by atoms with van der Waals surface area (Å²) in [5.41, 5.74) is 0. The topological polar surface area (TPSA) is 86.9 Å². The van der Waals surface area contributed by atoms with E-state index in [1.54, 1.807) is 18.5 Å². The van der Waals surface area contributed by atoms with Gasteiger partial charge in [-0.15, -0.1) is 11.3 Å². The summed E-state index contributed by atoms with van der Waals surface area (Å²) in [6.45, 7) is 0.887. The molecule has 0 bridgehead atoms. The number of aromatic amines is 1. The maximum Gasteiger partial charge on any atom is 0.261 e. The van der Waals surface area contributed by atoms with Crippen molar-refractivity contribution in [3.05, 3.63) is 40.6 Å². The molecule has 0 aliphatic carbocycles. The van der Waals surface area contributed by atoms with E-state index in [0.29, 0.717) is 30.8 Å². The number of aromatic nitrogens is 2. The van der Waals surface area contributed by atoms with E-state index in [1.165, 1.54) is 11.3 Å². The van der Waals surface area contributed by atoms with Crippen LogP contribution in [0.4, 0.5) is 0 Å². The Morgan fingerprint density at radius 3 is 2.95 bits per heavy atom. The quantitative estimate of drug-likeness (QED) is 0.672. The predicted molar refractivity (Wildman–Crippen MR) is 76.3 cm³/mol. The minimum atomic E-state index is -0.0870. The number of H-pyrrole nitrogens is 1. The van der Waals surface area contributed by atoms with Crippen LogP contribution in [0.5, 0.6) is 0 Å². The van der Waals surface area contributed by atoms with Crippen LogP contribution in [0.3, 0.4) is 0 Å². The van der Waals surface area contributed by atoms with Gasteiger partial charge in [-0.2, -0.15) is 0 Å². The highest BCUT2D eigenvalue weighted by atomic mass is 32.1. The highest BCUT2D eigenvalue weighted by Crippen LogP contribution is 2.07. The third kappa shape index (κ3) is 4.51. The molecule has 0 unspecified atom stereocenters. The molecule has 0 radical (unpaired) electrons. The Balaban J connectivity index is 1.56. The Morgan fingerprint density at radius 2 is 2.25 bits per heavy atom. The smallest absolute Gasteiger partial charge is 0.261 e. The normalized spacial score (nSPS) is 10.2. The van der Waals surface area contributed by atoms with Gasteiger partial charge < -0.3 is 15.6 Å². The second-order valence-corrected chi connectivity index (χ2v) is 5.10. The van der Waals surface area contributed by atoms with Gasteiger partial charge in [0.25, 0.3) is 5.91 Å². The van der Waals surface area contributed by atoms with Crippen LogP contribution in [0, 0.1) is 0 Å². The van der Waals surface area contributed by atoms with Crippen LogP contribution < -0.4 is 10.6 Å². The van der Waals surface area contributed by atoms with Gasteiger partial charge in [0, 0.05) is 25.4 Å². The minimum absolute atomic E-state index is 0.0493. The number of amides is 2. The second-order valence-electron chi connectivity index (χ2n) is 4.15. The van der Waals surface area contributed by atoms with Crippen molar-refractivity contribution < 1.29 is 9.59 Å². The molecule has 6 nitrogen and oxygen atoms in total. The van der Waals surface area contributed by atoms with Crippen LogP contribution in [0.1, 0.15) is 28.3 Å². The van der Waals surface area contributed by atoms with Crippen LogP contribution in [-0.2, 0) is 11.3 Å². The van der Waals surface area contributed by atoms with Gasteiger partial charge in [0.15, 0.2) is 0 Å². The van der Waals surface area contributed by atoms with Crippen molar-refractivity contribution in [2.24, 2.45) is 0 Å². The molecule has 0 atom stereocenters. The first-order valence-corrected chi connectivity index (χ1v) is 7.20.